The van der Waals surface area contributed by atoms with Crippen molar-refractivity contribution in [1.29, 1.82) is 0 Å². The standard InChI is InChI=1S/C11H21N5O3S/c1-4-15(2)20(17,18)14-9-6-5-7-16-11(9)12-10(13-16)8-19-3/h9,14H,4-8H2,1-3H3. The molecule has 0 radical (unpaired) electrons. The predicted molar refractivity (Wildman–Crippen MR) is 73.1 cm³/mol. The van der Waals surface area contributed by atoms with Crippen molar-refractivity contribution in [1.82, 2.24) is 23.8 Å². The summed E-state index contributed by atoms with van der Waals surface area (Å²) in [6, 6.07) is -0.333. The molecule has 0 fully saturated rings. The zero-order valence-electron chi connectivity index (χ0n) is 12.0. The summed E-state index contributed by atoms with van der Waals surface area (Å²) in [5.74, 6) is 1.24. The van der Waals surface area contributed by atoms with Crippen LogP contribution in [0.4, 0.5) is 0 Å². The van der Waals surface area contributed by atoms with Gasteiger partial charge in [-0.05, 0) is 12.8 Å². The number of aryl methyl sites for hydroxylation is 1. The second-order valence-corrected chi connectivity index (χ2v) is 6.58. The fourth-order valence-electron chi connectivity index (χ4n) is 2.14. The number of fused-ring (bicyclic) bond motifs is 1. The molecule has 0 saturated carbocycles. The van der Waals surface area contributed by atoms with E-state index in [2.05, 4.69) is 14.8 Å². The summed E-state index contributed by atoms with van der Waals surface area (Å²) in [7, 11) is -0.357. The summed E-state index contributed by atoms with van der Waals surface area (Å²) in [5.41, 5.74) is 0. The lowest BCUT2D eigenvalue weighted by Crippen LogP contribution is -2.41. The van der Waals surface area contributed by atoms with Crippen LogP contribution in [0.15, 0.2) is 0 Å². The summed E-state index contributed by atoms with van der Waals surface area (Å²) < 4.78 is 35.0. The van der Waals surface area contributed by atoms with Gasteiger partial charge in [-0.25, -0.2) is 9.67 Å². The summed E-state index contributed by atoms with van der Waals surface area (Å²) in [5, 5.41) is 4.32. The van der Waals surface area contributed by atoms with Crippen molar-refractivity contribution in [2.45, 2.75) is 39.0 Å². The highest BCUT2D eigenvalue weighted by molar-refractivity contribution is 7.87. The first-order valence-corrected chi connectivity index (χ1v) is 8.08. The molecule has 0 aromatic carbocycles. The molecular weight excluding hydrogens is 282 g/mol. The first-order chi connectivity index (χ1) is 9.47. The monoisotopic (exact) mass is 303 g/mol. The molecule has 1 aliphatic heterocycles. The Morgan fingerprint density at radius 2 is 2.30 bits per heavy atom. The Morgan fingerprint density at radius 3 is 2.95 bits per heavy atom. The summed E-state index contributed by atoms with van der Waals surface area (Å²) in [4.78, 5) is 4.37. The van der Waals surface area contributed by atoms with E-state index in [0.29, 0.717) is 24.8 Å². The van der Waals surface area contributed by atoms with E-state index in [0.717, 1.165) is 19.4 Å². The molecule has 1 atom stereocenters. The predicted octanol–water partition coefficient (Wildman–Crippen LogP) is 0.0455. The molecule has 2 heterocycles. The quantitative estimate of drug-likeness (QED) is 0.802. The Kier molecular flexibility index (Phi) is 4.74. The average molecular weight is 303 g/mol. The van der Waals surface area contributed by atoms with Crippen LogP contribution in [0.5, 0.6) is 0 Å². The molecule has 8 nitrogen and oxygen atoms in total. The highest BCUT2D eigenvalue weighted by atomic mass is 32.2. The van der Waals surface area contributed by atoms with Gasteiger partial charge >= 0.3 is 0 Å². The lowest BCUT2D eigenvalue weighted by atomic mass is 10.1. The van der Waals surface area contributed by atoms with Gasteiger partial charge in [0.1, 0.15) is 12.4 Å². The van der Waals surface area contributed by atoms with Crippen LogP contribution in [0.1, 0.15) is 37.5 Å². The molecule has 0 spiro atoms. The third-order valence-corrected chi connectivity index (χ3v) is 5.00. The normalized spacial score (nSPS) is 19.3. The zero-order chi connectivity index (χ0) is 14.8. The number of methoxy groups -OCH3 is 1. The van der Waals surface area contributed by atoms with E-state index in [-0.39, 0.29) is 6.04 Å². The van der Waals surface area contributed by atoms with Crippen LogP contribution in [0, 0.1) is 0 Å². The van der Waals surface area contributed by atoms with Crippen LogP contribution < -0.4 is 4.72 Å². The highest BCUT2D eigenvalue weighted by Crippen LogP contribution is 2.24. The van der Waals surface area contributed by atoms with Gasteiger partial charge in [0, 0.05) is 27.2 Å². The Bertz CT molecular complexity index is 556. The maximum absolute atomic E-state index is 12.1. The van der Waals surface area contributed by atoms with Gasteiger partial charge in [0.15, 0.2) is 5.82 Å². The molecule has 2 rings (SSSR count). The first-order valence-electron chi connectivity index (χ1n) is 6.64. The van der Waals surface area contributed by atoms with Gasteiger partial charge in [-0.15, -0.1) is 0 Å². The van der Waals surface area contributed by atoms with Gasteiger partial charge in [-0.2, -0.15) is 22.5 Å². The Labute approximate surface area is 119 Å². The number of ether oxygens (including phenoxy) is 1. The van der Waals surface area contributed by atoms with Gasteiger partial charge in [-0.3, -0.25) is 0 Å². The van der Waals surface area contributed by atoms with E-state index in [1.165, 1.54) is 4.31 Å². The molecule has 1 aliphatic rings. The molecule has 0 amide bonds. The number of hydrogen-bond acceptors (Lipinski definition) is 5. The highest BCUT2D eigenvalue weighted by Gasteiger charge is 2.29. The molecule has 0 bridgehead atoms. The third kappa shape index (κ3) is 3.17. The number of hydrogen-bond donors (Lipinski definition) is 1. The summed E-state index contributed by atoms with van der Waals surface area (Å²) in [6.07, 6.45) is 1.59. The van der Waals surface area contributed by atoms with E-state index in [9.17, 15) is 8.42 Å². The van der Waals surface area contributed by atoms with Crippen LogP contribution >= 0.6 is 0 Å². The van der Waals surface area contributed by atoms with Gasteiger partial charge < -0.3 is 4.74 Å². The van der Waals surface area contributed by atoms with Crippen LogP contribution in [0.2, 0.25) is 0 Å². The Hall–Kier alpha value is -1.03. The molecule has 9 heteroatoms. The molecule has 1 aromatic heterocycles. The van der Waals surface area contributed by atoms with Crippen LogP contribution in [0.25, 0.3) is 0 Å². The maximum atomic E-state index is 12.1. The largest absolute Gasteiger partial charge is 0.377 e. The van der Waals surface area contributed by atoms with Gasteiger partial charge in [-0.1, -0.05) is 6.92 Å². The average Bonchev–Trinajstić information content (AvgIpc) is 2.81. The molecular formula is C11H21N5O3S. The number of rotatable bonds is 6. The zero-order valence-corrected chi connectivity index (χ0v) is 12.9. The van der Waals surface area contributed by atoms with Crippen LogP contribution in [0.3, 0.4) is 0 Å². The van der Waals surface area contributed by atoms with Gasteiger partial charge in [0.2, 0.25) is 0 Å². The Morgan fingerprint density at radius 1 is 1.55 bits per heavy atom. The number of nitrogens with one attached hydrogen (secondary N) is 1. The number of nitrogens with zero attached hydrogens (tertiary/aromatic N) is 4. The minimum Gasteiger partial charge on any atom is -0.377 e. The summed E-state index contributed by atoms with van der Waals surface area (Å²) in [6.45, 7) is 3.30. The minimum absolute atomic E-state index is 0.328. The van der Waals surface area contributed by atoms with Gasteiger partial charge in [0.05, 0.1) is 6.04 Å². The molecule has 1 N–H and O–H groups in total. The molecule has 1 unspecified atom stereocenters. The van der Waals surface area contributed by atoms with Crippen molar-refractivity contribution >= 4 is 10.2 Å². The lowest BCUT2D eigenvalue weighted by Gasteiger charge is -2.25. The Balaban J connectivity index is 2.20. The second-order valence-electron chi connectivity index (χ2n) is 4.77. The van der Waals surface area contributed by atoms with Gasteiger partial charge in [0.25, 0.3) is 10.2 Å². The summed E-state index contributed by atoms with van der Waals surface area (Å²) >= 11 is 0. The topological polar surface area (TPSA) is 89.4 Å². The SMILES string of the molecule is CCN(C)S(=O)(=O)NC1CCCn2nc(COC)nc21. The van der Waals surface area contributed by atoms with Crippen molar-refractivity contribution in [2.75, 3.05) is 20.7 Å². The fraction of sp³-hybridized carbons (Fsp3) is 0.818. The number of aromatic nitrogens is 3. The van der Waals surface area contributed by atoms with Crippen LogP contribution in [-0.2, 0) is 28.1 Å². The van der Waals surface area contributed by atoms with Crippen molar-refractivity contribution in [3.05, 3.63) is 11.6 Å². The van der Waals surface area contributed by atoms with E-state index >= 15 is 0 Å². The maximum Gasteiger partial charge on any atom is 0.279 e. The lowest BCUT2D eigenvalue weighted by molar-refractivity contribution is 0.177. The second kappa shape index (κ2) is 6.17. The first kappa shape index (κ1) is 15.4. The fourth-order valence-corrected chi connectivity index (χ4v) is 3.24. The third-order valence-electron chi connectivity index (χ3n) is 3.34. The molecule has 0 saturated heterocycles. The minimum atomic E-state index is -3.48. The molecule has 114 valence electrons. The van der Waals surface area contributed by atoms with E-state index in [1.807, 2.05) is 0 Å². The van der Waals surface area contributed by atoms with E-state index in [4.69, 9.17) is 4.74 Å². The van der Waals surface area contributed by atoms with E-state index in [1.54, 1.807) is 25.8 Å². The van der Waals surface area contributed by atoms with E-state index < -0.39 is 10.2 Å². The van der Waals surface area contributed by atoms with Crippen molar-refractivity contribution in [3.8, 4) is 0 Å². The van der Waals surface area contributed by atoms with Crippen molar-refractivity contribution < 1.29 is 13.2 Å². The smallest absolute Gasteiger partial charge is 0.279 e. The molecule has 0 aliphatic carbocycles. The molecule has 1 aromatic rings. The van der Waals surface area contributed by atoms with Crippen molar-refractivity contribution in [3.63, 3.8) is 0 Å². The molecule has 20 heavy (non-hydrogen) atoms. The van der Waals surface area contributed by atoms with Crippen molar-refractivity contribution in [2.24, 2.45) is 0 Å². The van der Waals surface area contributed by atoms with Crippen LogP contribution in [-0.4, -0.2) is 48.2 Å².